The molecule has 2 saturated carbocycles. The first-order valence-corrected chi connectivity index (χ1v) is 6.23. The molecule has 0 aromatic rings. The zero-order valence-corrected chi connectivity index (χ0v) is 8.98. The Morgan fingerprint density at radius 2 is 1.93 bits per heavy atom. The van der Waals surface area contributed by atoms with Gasteiger partial charge in [-0.15, -0.1) is 0 Å². The van der Waals surface area contributed by atoms with E-state index in [9.17, 15) is 24.6 Å². The average Bonchev–Trinajstić information content (AvgIpc) is 2.71. The maximum absolute atomic E-state index is 11.3. The summed E-state index contributed by atoms with van der Waals surface area (Å²) in [4.78, 5) is 18.4. The summed E-state index contributed by atoms with van der Waals surface area (Å²) in [6.45, 7) is 3.16. The van der Waals surface area contributed by atoms with E-state index in [1.54, 1.807) is 6.92 Å². The van der Waals surface area contributed by atoms with Crippen LogP contribution in [0.3, 0.4) is 0 Å². The summed E-state index contributed by atoms with van der Waals surface area (Å²) in [5.41, 5.74) is -1.38. The van der Waals surface area contributed by atoms with Crippen molar-refractivity contribution in [3.05, 3.63) is 0 Å². The van der Waals surface area contributed by atoms with E-state index in [0.29, 0.717) is 6.42 Å². The highest BCUT2D eigenvalue weighted by Crippen LogP contribution is 2.78. The number of rotatable bonds is 1. The van der Waals surface area contributed by atoms with E-state index in [4.69, 9.17) is 0 Å². The lowest BCUT2D eigenvalue weighted by molar-refractivity contribution is -0.0785. The minimum Gasteiger partial charge on any atom is -0.389 e. The van der Waals surface area contributed by atoms with E-state index in [1.165, 1.54) is 6.92 Å². The van der Waals surface area contributed by atoms with E-state index in [1.807, 2.05) is 0 Å². The van der Waals surface area contributed by atoms with Crippen LogP contribution in [0.2, 0.25) is 0 Å². The van der Waals surface area contributed by atoms with Gasteiger partial charge in [-0.05, 0) is 25.2 Å². The molecule has 2 aliphatic rings. The highest BCUT2D eigenvalue weighted by Gasteiger charge is 2.80. The van der Waals surface area contributed by atoms with Crippen molar-refractivity contribution in [2.45, 2.75) is 37.1 Å². The second-order valence-corrected chi connectivity index (χ2v) is 6.68. The Labute approximate surface area is 81.9 Å². The fraction of sp³-hybridized carbons (Fsp3) is 1.00. The summed E-state index contributed by atoms with van der Waals surface area (Å²) in [5.74, 6) is -0.529. The largest absolute Gasteiger partial charge is 0.389 e. The van der Waals surface area contributed by atoms with E-state index in [0.717, 1.165) is 0 Å². The molecule has 0 heterocycles. The maximum atomic E-state index is 11.3. The van der Waals surface area contributed by atoms with Crippen molar-refractivity contribution < 1.29 is 24.6 Å². The molecule has 0 aromatic carbocycles. The SMILES string of the molecule is CC1C2CC2(P(=O)(O)O)C(O)C1(C)O. The van der Waals surface area contributed by atoms with Crippen molar-refractivity contribution >= 4 is 7.60 Å². The van der Waals surface area contributed by atoms with Crippen molar-refractivity contribution in [1.82, 2.24) is 0 Å². The van der Waals surface area contributed by atoms with Crippen LogP contribution < -0.4 is 0 Å². The van der Waals surface area contributed by atoms with Crippen molar-refractivity contribution in [3.8, 4) is 0 Å². The smallest absolute Gasteiger partial charge is 0.334 e. The van der Waals surface area contributed by atoms with E-state index in [2.05, 4.69) is 0 Å². The summed E-state index contributed by atoms with van der Waals surface area (Å²) < 4.78 is 11.3. The minimum atomic E-state index is -4.33. The third-order valence-electron chi connectivity index (χ3n) is 4.12. The molecule has 14 heavy (non-hydrogen) atoms. The van der Waals surface area contributed by atoms with Gasteiger partial charge in [-0.2, -0.15) is 0 Å². The number of hydrogen-bond donors (Lipinski definition) is 4. The highest BCUT2D eigenvalue weighted by molar-refractivity contribution is 7.54. The summed E-state index contributed by atoms with van der Waals surface area (Å²) in [5, 5.41) is 18.3. The van der Waals surface area contributed by atoms with Gasteiger partial charge in [0.25, 0.3) is 0 Å². The molecule has 0 saturated heterocycles. The highest BCUT2D eigenvalue weighted by atomic mass is 31.2. The van der Waals surface area contributed by atoms with Crippen LogP contribution in [-0.4, -0.2) is 36.9 Å². The van der Waals surface area contributed by atoms with Crippen molar-refractivity contribution in [2.75, 3.05) is 0 Å². The molecule has 2 rings (SSSR count). The van der Waals surface area contributed by atoms with Gasteiger partial charge in [0, 0.05) is 0 Å². The number of fused-ring (bicyclic) bond motifs is 1. The Morgan fingerprint density at radius 1 is 1.43 bits per heavy atom. The van der Waals surface area contributed by atoms with Gasteiger partial charge in [0.1, 0.15) is 5.16 Å². The normalized spacial score (nSPS) is 57.1. The molecule has 4 N–H and O–H groups in total. The van der Waals surface area contributed by atoms with Crippen LogP contribution in [0.1, 0.15) is 20.3 Å². The first-order valence-electron chi connectivity index (χ1n) is 4.62. The molecular weight excluding hydrogens is 207 g/mol. The Bertz CT molecular complexity index is 322. The first kappa shape index (κ1) is 10.6. The predicted octanol–water partition coefficient (Wildman–Crippen LogP) is -0.316. The summed E-state index contributed by atoms with van der Waals surface area (Å²) >= 11 is 0. The summed E-state index contributed by atoms with van der Waals surface area (Å²) in [6, 6.07) is 0. The third-order valence-corrected chi connectivity index (χ3v) is 5.97. The van der Waals surface area contributed by atoms with Gasteiger partial charge in [0.05, 0.1) is 11.7 Å². The number of hydrogen-bond acceptors (Lipinski definition) is 3. The van der Waals surface area contributed by atoms with Gasteiger partial charge in [0.15, 0.2) is 0 Å². The van der Waals surface area contributed by atoms with E-state index in [-0.39, 0.29) is 11.8 Å². The van der Waals surface area contributed by atoms with Crippen LogP contribution >= 0.6 is 7.60 Å². The lowest BCUT2D eigenvalue weighted by atomic mass is 9.88. The van der Waals surface area contributed by atoms with Gasteiger partial charge < -0.3 is 20.0 Å². The molecule has 0 radical (unpaired) electrons. The quantitative estimate of drug-likeness (QED) is 0.456. The second-order valence-electron chi connectivity index (χ2n) is 4.76. The molecule has 5 nitrogen and oxygen atoms in total. The van der Waals surface area contributed by atoms with E-state index >= 15 is 0 Å². The third kappa shape index (κ3) is 0.921. The van der Waals surface area contributed by atoms with Gasteiger partial charge in [-0.1, -0.05) is 6.92 Å². The van der Waals surface area contributed by atoms with Gasteiger partial charge in [-0.25, -0.2) is 0 Å². The molecule has 2 fully saturated rings. The zero-order valence-electron chi connectivity index (χ0n) is 8.08. The predicted molar refractivity (Wildman–Crippen MR) is 48.7 cm³/mol. The maximum Gasteiger partial charge on any atom is 0.334 e. The van der Waals surface area contributed by atoms with Crippen LogP contribution in [0.5, 0.6) is 0 Å². The molecule has 0 amide bonds. The standard InChI is InChI=1S/C8H15O5P/c1-4-5-3-8(5,14(11,12)13)6(9)7(4,2)10/h4-6,9-10H,3H2,1-2H3,(H2,11,12,13). The average molecular weight is 222 g/mol. The molecule has 0 aliphatic heterocycles. The van der Waals surface area contributed by atoms with Crippen molar-refractivity contribution in [2.24, 2.45) is 11.8 Å². The van der Waals surface area contributed by atoms with Crippen molar-refractivity contribution in [1.29, 1.82) is 0 Å². The molecule has 5 unspecified atom stereocenters. The summed E-state index contributed by atoms with van der Waals surface area (Å²) in [6.07, 6.45) is -1.01. The number of aliphatic hydroxyl groups excluding tert-OH is 1. The van der Waals surface area contributed by atoms with Crippen LogP contribution in [0, 0.1) is 11.8 Å². The lowest BCUT2D eigenvalue weighted by Crippen LogP contribution is -2.46. The molecule has 0 spiro atoms. The monoisotopic (exact) mass is 222 g/mol. The minimum absolute atomic E-state index is 0.256. The first-order chi connectivity index (χ1) is 6.15. The number of aliphatic hydroxyl groups is 2. The molecule has 2 aliphatic carbocycles. The van der Waals surface area contributed by atoms with Crippen LogP contribution in [-0.2, 0) is 4.57 Å². The van der Waals surface area contributed by atoms with Gasteiger partial charge >= 0.3 is 7.60 Å². The van der Waals surface area contributed by atoms with Crippen LogP contribution in [0.15, 0.2) is 0 Å². The second kappa shape index (κ2) is 2.42. The zero-order chi connectivity index (χ0) is 10.9. The Hall–Kier alpha value is 0.0700. The Morgan fingerprint density at radius 3 is 2.14 bits per heavy atom. The topological polar surface area (TPSA) is 98.0 Å². The van der Waals surface area contributed by atoms with Crippen LogP contribution in [0.25, 0.3) is 0 Å². The molecule has 6 heteroatoms. The Balaban J connectivity index is 2.43. The van der Waals surface area contributed by atoms with Gasteiger partial charge in [-0.3, -0.25) is 4.57 Å². The molecule has 0 aromatic heterocycles. The summed E-state index contributed by atoms with van der Waals surface area (Å²) in [7, 11) is -4.33. The van der Waals surface area contributed by atoms with Crippen molar-refractivity contribution in [3.63, 3.8) is 0 Å². The fourth-order valence-corrected chi connectivity index (χ4v) is 4.54. The molecule has 82 valence electrons. The van der Waals surface area contributed by atoms with Crippen LogP contribution in [0.4, 0.5) is 0 Å². The Kier molecular flexibility index (Phi) is 1.83. The molecule has 0 bridgehead atoms. The van der Waals surface area contributed by atoms with E-state index < -0.39 is 24.5 Å². The fourth-order valence-electron chi connectivity index (χ4n) is 2.87. The van der Waals surface area contributed by atoms with Gasteiger partial charge in [0.2, 0.25) is 0 Å². The molecule has 5 atom stereocenters. The lowest BCUT2D eigenvalue weighted by Gasteiger charge is -2.32. The molecular formula is C8H15O5P.